The van der Waals surface area contributed by atoms with Crippen molar-refractivity contribution < 1.29 is 14.4 Å². The van der Waals surface area contributed by atoms with E-state index >= 15 is 0 Å². The number of methoxy groups -OCH3 is 1. The molecule has 0 atom stereocenters. The summed E-state index contributed by atoms with van der Waals surface area (Å²) in [6.07, 6.45) is 3.91. The molecule has 2 heterocycles. The van der Waals surface area contributed by atoms with E-state index in [2.05, 4.69) is 33.5 Å². The molecule has 3 aromatic rings. The summed E-state index contributed by atoms with van der Waals surface area (Å²) in [5.74, 6) is 0.489. The number of halogens is 1. The maximum Gasteiger partial charge on any atom is 0.337 e. The van der Waals surface area contributed by atoms with E-state index in [-0.39, 0.29) is 5.97 Å². The number of nitrogens with zero attached hydrogens (tertiary/aromatic N) is 3. The summed E-state index contributed by atoms with van der Waals surface area (Å²) in [5, 5.41) is 1.58. The Balaban J connectivity index is 1.75. The van der Waals surface area contributed by atoms with Crippen LogP contribution in [0, 0.1) is 0 Å². The van der Waals surface area contributed by atoms with E-state index in [9.17, 15) is 4.79 Å². The number of hydroxylamine groups is 1. The van der Waals surface area contributed by atoms with Crippen LogP contribution >= 0.6 is 15.9 Å². The normalized spacial score (nSPS) is 13.6. The van der Waals surface area contributed by atoms with E-state index < -0.39 is 0 Å². The molecule has 4 rings (SSSR count). The second-order valence-corrected chi connectivity index (χ2v) is 6.93. The topological polar surface area (TPSA) is 68.6 Å². The number of hydrazine groups is 1. The number of ether oxygens (including phenoxy) is 1. The number of carbonyl (C=O) groups is 1. The molecule has 1 aromatic heterocycles. The van der Waals surface area contributed by atoms with E-state index in [1.165, 1.54) is 7.11 Å². The quantitative estimate of drug-likeness (QED) is 0.628. The van der Waals surface area contributed by atoms with Crippen LogP contribution in [0.15, 0.2) is 59.4 Å². The molecule has 2 aromatic carbocycles. The van der Waals surface area contributed by atoms with Gasteiger partial charge in [-0.05, 0) is 41.1 Å². The minimum atomic E-state index is -0.378. The maximum absolute atomic E-state index is 11.9. The summed E-state index contributed by atoms with van der Waals surface area (Å²) in [6, 6.07) is 13.5. The highest BCUT2D eigenvalue weighted by atomic mass is 79.9. The van der Waals surface area contributed by atoms with Crippen molar-refractivity contribution in [3.63, 3.8) is 0 Å². The molecule has 0 aliphatic carbocycles. The van der Waals surface area contributed by atoms with Crippen molar-refractivity contribution in [1.29, 1.82) is 0 Å². The van der Waals surface area contributed by atoms with Crippen molar-refractivity contribution in [3.8, 4) is 0 Å². The number of aromatic nitrogens is 2. The number of fused-ring (bicyclic) bond motifs is 1. The smallest absolute Gasteiger partial charge is 0.337 e. The van der Waals surface area contributed by atoms with Gasteiger partial charge in [0, 0.05) is 10.9 Å². The maximum atomic E-state index is 11.9. The van der Waals surface area contributed by atoms with Gasteiger partial charge in [0.1, 0.15) is 18.8 Å². The molecule has 1 aliphatic rings. The molecule has 0 radical (unpaired) electrons. The minimum absolute atomic E-state index is 0.378. The first kappa shape index (κ1) is 17.6. The third kappa shape index (κ3) is 3.67. The van der Waals surface area contributed by atoms with Crippen LogP contribution in [0.5, 0.6) is 0 Å². The Hall–Kier alpha value is -2.84. The molecule has 0 spiro atoms. The molecule has 0 bridgehead atoms. The van der Waals surface area contributed by atoms with E-state index in [0.717, 1.165) is 26.9 Å². The first-order chi connectivity index (χ1) is 13.1. The van der Waals surface area contributed by atoms with Crippen molar-refractivity contribution in [2.24, 2.45) is 0 Å². The van der Waals surface area contributed by atoms with Crippen LogP contribution in [0.4, 0.5) is 0 Å². The molecule has 0 unspecified atom stereocenters. The lowest BCUT2D eigenvalue weighted by Crippen LogP contribution is -2.31. The van der Waals surface area contributed by atoms with Gasteiger partial charge in [-0.3, -0.25) is 5.43 Å². The predicted octanol–water partition coefficient (Wildman–Crippen LogP) is 3.36. The van der Waals surface area contributed by atoms with E-state index in [1.54, 1.807) is 29.8 Å². The number of nitrogens with one attached hydrogen (secondary N) is 1. The molecular formula is C19H17BrN4O3. The third-order valence-corrected chi connectivity index (χ3v) is 4.80. The Morgan fingerprint density at radius 3 is 2.78 bits per heavy atom. The molecule has 27 heavy (non-hydrogen) atoms. The number of rotatable bonds is 5. The largest absolute Gasteiger partial charge is 0.465 e. The lowest BCUT2D eigenvalue weighted by atomic mass is 10.1. The van der Waals surface area contributed by atoms with Crippen molar-refractivity contribution >= 4 is 32.9 Å². The zero-order chi connectivity index (χ0) is 18.8. The summed E-state index contributed by atoms with van der Waals surface area (Å²) in [7, 11) is 1.37. The fraction of sp³-hybridized carbons (Fsp3) is 0.158. The van der Waals surface area contributed by atoms with Crippen LogP contribution in [0.2, 0.25) is 0 Å². The number of benzene rings is 2. The summed E-state index contributed by atoms with van der Waals surface area (Å²) < 4.78 is 7.89. The summed E-state index contributed by atoms with van der Waals surface area (Å²) in [4.78, 5) is 22.1. The molecule has 0 saturated heterocycles. The Morgan fingerprint density at radius 1 is 1.26 bits per heavy atom. The van der Waals surface area contributed by atoms with Crippen LogP contribution < -0.4 is 5.43 Å². The highest BCUT2D eigenvalue weighted by Gasteiger charge is 2.18. The molecule has 0 fully saturated rings. The first-order valence-electron chi connectivity index (χ1n) is 8.31. The van der Waals surface area contributed by atoms with Gasteiger partial charge in [0.15, 0.2) is 0 Å². The zero-order valence-corrected chi connectivity index (χ0v) is 16.1. The monoisotopic (exact) mass is 428 g/mol. The Labute approximate surface area is 164 Å². The Morgan fingerprint density at radius 2 is 2.07 bits per heavy atom. The number of hydrogen-bond donors (Lipinski definition) is 1. The van der Waals surface area contributed by atoms with Gasteiger partial charge in [-0.15, -0.1) is 0 Å². The van der Waals surface area contributed by atoms with Gasteiger partial charge >= 0.3 is 5.97 Å². The van der Waals surface area contributed by atoms with Gasteiger partial charge in [-0.1, -0.05) is 28.1 Å². The zero-order valence-electron chi connectivity index (χ0n) is 14.6. The van der Waals surface area contributed by atoms with Gasteiger partial charge < -0.3 is 14.1 Å². The summed E-state index contributed by atoms with van der Waals surface area (Å²) >= 11 is 3.46. The molecular weight excluding hydrogens is 412 g/mol. The summed E-state index contributed by atoms with van der Waals surface area (Å²) in [6.45, 7) is 0.403. The molecule has 138 valence electrons. The standard InChI is InChI=1S/C19H17BrN4O3/c1-26-19(25)14-4-7-16-17(11-14)23(12-24-21-8-9-27-24)18(22-16)10-13-2-5-15(20)6-3-13/h2-9,11,21H,10,12H2,1H3. The lowest BCUT2D eigenvalue weighted by molar-refractivity contribution is -0.137. The SMILES string of the molecule is COC(=O)c1ccc2nc(Cc3ccc(Br)cc3)n(CN3NC=CO3)c2c1. The van der Waals surface area contributed by atoms with Crippen molar-refractivity contribution in [2.75, 3.05) is 7.11 Å². The molecule has 8 heteroatoms. The van der Waals surface area contributed by atoms with Crippen LogP contribution in [0.3, 0.4) is 0 Å². The van der Waals surface area contributed by atoms with Gasteiger partial charge in [-0.25, -0.2) is 9.78 Å². The fourth-order valence-electron chi connectivity index (χ4n) is 2.95. The molecule has 0 amide bonds. The van der Waals surface area contributed by atoms with E-state index in [1.807, 2.05) is 22.8 Å². The second kappa shape index (κ2) is 7.42. The fourth-order valence-corrected chi connectivity index (χ4v) is 3.21. The third-order valence-electron chi connectivity index (χ3n) is 4.27. The van der Waals surface area contributed by atoms with Crippen LogP contribution in [-0.4, -0.2) is 27.8 Å². The Kier molecular flexibility index (Phi) is 4.83. The summed E-state index contributed by atoms with van der Waals surface area (Å²) in [5.41, 5.74) is 6.25. The first-order valence-corrected chi connectivity index (χ1v) is 9.11. The van der Waals surface area contributed by atoms with Crippen LogP contribution in [0.1, 0.15) is 21.7 Å². The molecule has 7 nitrogen and oxygen atoms in total. The molecule has 1 aliphatic heterocycles. The number of esters is 1. The van der Waals surface area contributed by atoms with Gasteiger partial charge in [0.2, 0.25) is 0 Å². The van der Waals surface area contributed by atoms with Crippen molar-refractivity contribution in [2.45, 2.75) is 13.1 Å². The van der Waals surface area contributed by atoms with Crippen LogP contribution in [0.25, 0.3) is 11.0 Å². The highest BCUT2D eigenvalue weighted by Crippen LogP contribution is 2.22. The van der Waals surface area contributed by atoms with Crippen LogP contribution in [-0.2, 0) is 22.7 Å². The molecule has 1 N–H and O–H groups in total. The van der Waals surface area contributed by atoms with E-state index in [4.69, 9.17) is 14.6 Å². The number of carbonyl (C=O) groups excluding carboxylic acids is 1. The second-order valence-electron chi connectivity index (χ2n) is 6.01. The van der Waals surface area contributed by atoms with Gasteiger partial charge in [-0.2, -0.15) is 0 Å². The average molecular weight is 429 g/mol. The van der Waals surface area contributed by atoms with Crippen molar-refractivity contribution in [1.82, 2.24) is 20.1 Å². The minimum Gasteiger partial charge on any atom is -0.465 e. The number of hydrogen-bond acceptors (Lipinski definition) is 6. The van der Waals surface area contributed by atoms with Crippen molar-refractivity contribution in [3.05, 3.63) is 76.4 Å². The number of imidazole rings is 1. The van der Waals surface area contributed by atoms with E-state index in [0.29, 0.717) is 18.7 Å². The average Bonchev–Trinajstić information content (AvgIpc) is 3.31. The van der Waals surface area contributed by atoms with Gasteiger partial charge in [0.25, 0.3) is 0 Å². The highest BCUT2D eigenvalue weighted by molar-refractivity contribution is 9.10. The Bertz CT molecular complexity index is 1010. The predicted molar refractivity (Wildman–Crippen MR) is 103 cm³/mol. The lowest BCUT2D eigenvalue weighted by Gasteiger charge is -2.17. The van der Waals surface area contributed by atoms with Gasteiger partial charge in [0.05, 0.1) is 29.9 Å². The molecule has 0 saturated carbocycles.